The van der Waals surface area contributed by atoms with Crippen molar-refractivity contribution in [1.82, 2.24) is 0 Å². The van der Waals surface area contributed by atoms with Crippen molar-refractivity contribution in [3.8, 4) is 0 Å². The van der Waals surface area contributed by atoms with Gasteiger partial charge in [0.25, 0.3) is 0 Å². The molecule has 0 spiro atoms. The summed E-state index contributed by atoms with van der Waals surface area (Å²) in [6.45, 7) is 10.3. The van der Waals surface area contributed by atoms with E-state index in [1.54, 1.807) is 24.3 Å². The van der Waals surface area contributed by atoms with Crippen molar-refractivity contribution in [2.24, 2.45) is 20.8 Å². The van der Waals surface area contributed by atoms with Crippen LogP contribution in [0.5, 0.6) is 0 Å². The third-order valence-corrected chi connectivity index (χ3v) is 7.20. The van der Waals surface area contributed by atoms with Gasteiger partial charge in [-0.3, -0.25) is 19.6 Å². The predicted octanol–water partition coefficient (Wildman–Crippen LogP) is 6.97. The second kappa shape index (κ2) is 11.1. The first kappa shape index (κ1) is 28.2. The van der Waals surface area contributed by atoms with Crippen LogP contribution >= 0.6 is 0 Å². The van der Waals surface area contributed by atoms with Crippen molar-refractivity contribution in [3.63, 3.8) is 0 Å². The molecule has 0 aliphatic heterocycles. The minimum Gasteiger partial charge on any atom is -0.506 e. The third-order valence-electron chi connectivity index (χ3n) is 7.20. The van der Waals surface area contributed by atoms with Crippen LogP contribution in [-0.2, 0) is 9.59 Å². The van der Waals surface area contributed by atoms with E-state index in [0.29, 0.717) is 48.2 Å². The maximum atomic E-state index is 13.2. The Morgan fingerprint density at radius 2 is 1.13 bits per heavy atom. The highest BCUT2D eigenvalue weighted by atomic mass is 16.3. The Bertz CT molecular complexity index is 1380. The van der Waals surface area contributed by atoms with E-state index in [-0.39, 0.29) is 57.6 Å². The van der Waals surface area contributed by atoms with E-state index in [0.717, 1.165) is 0 Å². The van der Waals surface area contributed by atoms with Gasteiger partial charge in [-0.15, -0.1) is 0 Å². The van der Waals surface area contributed by atoms with Crippen molar-refractivity contribution < 1.29 is 19.8 Å². The molecule has 2 aromatic rings. The molecule has 0 heterocycles. The lowest BCUT2D eigenvalue weighted by molar-refractivity contribution is -0.118. The molecule has 204 valence electrons. The highest BCUT2D eigenvalue weighted by Gasteiger charge is 2.38. The molecule has 1 atom stereocenters. The number of carbonyl (C=O) groups is 2. The van der Waals surface area contributed by atoms with E-state index < -0.39 is 0 Å². The van der Waals surface area contributed by atoms with Gasteiger partial charge in [-0.25, -0.2) is 0 Å². The van der Waals surface area contributed by atoms with E-state index in [2.05, 4.69) is 0 Å². The van der Waals surface area contributed by atoms with Gasteiger partial charge >= 0.3 is 0 Å². The number of hydrogen-bond donors (Lipinski definition) is 2. The number of rotatable bonds is 5. The molecule has 39 heavy (non-hydrogen) atoms. The number of benzene rings is 2. The summed E-state index contributed by atoms with van der Waals surface area (Å²) in [5.41, 5.74) is 2.31. The van der Waals surface area contributed by atoms with Crippen LogP contribution in [0, 0.1) is 10.8 Å². The molecule has 0 radical (unpaired) electrons. The number of aliphatic hydroxyl groups excluding tert-OH is 2. The van der Waals surface area contributed by atoms with Crippen LogP contribution in [0.1, 0.15) is 71.4 Å². The first-order chi connectivity index (χ1) is 18.4. The zero-order valence-electron chi connectivity index (χ0n) is 23.5. The Kier molecular flexibility index (Phi) is 8.05. The van der Waals surface area contributed by atoms with Crippen LogP contribution in [0.4, 0.5) is 0 Å². The smallest absolute Gasteiger partial charge is 0.168 e. The van der Waals surface area contributed by atoms with E-state index >= 15 is 0 Å². The Hall–Kier alpha value is -3.80. The lowest BCUT2D eigenvalue weighted by Gasteiger charge is -2.32. The number of ketones is 2. The molecule has 2 fully saturated rings. The first-order valence-electron chi connectivity index (χ1n) is 13.5. The van der Waals surface area contributed by atoms with Gasteiger partial charge in [-0.1, -0.05) is 88.4 Å². The third kappa shape index (κ3) is 6.62. The summed E-state index contributed by atoms with van der Waals surface area (Å²) < 4.78 is 0. The highest BCUT2D eigenvalue weighted by Crippen LogP contribution is 2.38. The molecule has 2 aromatic carbocycles. The van der Waals surface area contributed by atoms with Gasteiger partial charge in [0.05, 0.1) is 29.4 Å². The predicted molar refractivity (Wildman–Crippen MR) is 157 cm³/mol. The second-order valence-electron chi connectivity index (χ2n) is 12.3. The van der Waals surface area contributed by atoms with Gasteiger partial charge in [0, 0.05) is 29.7 Å². The molecule has 2 aliphatic carbocycles. The van der Waals surface area contributed by atoms with Crippen LogP contribution < -0.4 is 0 Å². The fourth-order valence-corrected chi connectivity index (χ4v) is 5.39. The van der Waals surface area contributed by atoms with E-state index in [1.807, 2.05) is 71.0 Å². The maximum Gasteiger partial charge on any atom is 0.168 e. The van der Waals surface area contributed by atoms with Crippen LogP contribution in [0.3, 0.4) is 0 Å². The zero-order valence-corrected chi connectivity index (χ0v) is 23.5. The number of hydrogen-bond acceptors (Lipinski definition) is 6. The second-order valence-corrected chi connectivity index (χ2v) is 12.3. The average molecular weight is 527 g/mol. The highest BCUT2D eigenvalue weighted by molar-refractivity contribution is 6.29. The van der Waals surface area contributed by atoms with E-state index in [1.165, 1.54) is 0 Å². The molecule has 0 bridgehead atoms. The molecule has 2 saturated carbocycles. The Morgan fingerprint density at radius 3 is 1.59 bits per heavy atom. The first-order valence-corrected chi connectivity index (χ1v) is 13.5. The summed E-state index contributed by atoms with van der Waals surface area (Å²) in [6.07, 6.45) is 1.77. The number of aliphatic imine (C=N–C) groups is 2. The van der Waals surface area contributed by atoms with Gasteiger partial charge in [-0.2, -0.15) is 0 Å². The van der Waals surface area contributed by atoms with Gasteiger partial charge in [0.1, 0.15) is 11.5 Å². The maximum absolute atomic E-state index is 13.2. The normalized spacial score (nSPS) is 24.5. The lowest BCUT2D eigenvalue weighted by atomic mass is 9.73. The Labute approximate surface area is 230 Å². The molecule has 4 rings (SSSR count). The SMILES string of the molecule is CC(CN=C1CC(C)(C)CC(=O)C1=C(O)c1ccccc1)N=C1CC(C)(C)CC(=O)C1=C(O)c1ccccc1. The molecular formula is C33H38N2O4. The van der Waals surface area contributed by atoms with Crippen molar-refractivity contribution in [1.29, 1.82) is 0 Å². The van der Waals surface area contributed by atoms with Crippen molar-refractivity contribution in [2.45, 2.75) is 66.3 Å². The molecule has 6 nitrogen and oxygen atoms in total. The average Bonchev–Trinajstić information content (AvgIpc) is 2.86. The standard InChI is InChI=1S/C33H38N2O4/c1-21(35-25-17-33(4,5)19-27(37)29(25)31(39)23-14-10-7-11-15-23)20-34-24-16-32(2,3)18-26(36)28(24)30(38)22-12-8-6-9-13-22/h6-15,21,38-39H,16-20H2,1-5H3. The minimum absolute atomic E-state index is 0.0496. The van der Waals surface area contributed by atoms with Crippen molar-refractivity contribution in [3.05, 3.63) is 82.9 Å². The molecule has 2 aliphatic rings. The summed E-state index contributed by atoms with van der Waals surface area (Å²) in [5.74, 6) is -0.345. The fraction of sp³-hybridized carbons (Fsp3) is 0.394. The van der Waals surface area contributed by atoms with Crippen LogP contribution in [0.2, 0.25) is 0 Å². The topological polar surface area (TPSA) is 99.3 Å². The number of nitrogens with zero attached hydrogens (tertiary/aromatic N) is 2. The van der Waals surface area contributed by atoms with Gasteiger partial charge in [0.2, 0.25) is 0 Å². The molecule has 6 heteroatoms. The molecule has 0 amide bonds. The number of carbonyl (C=O) groups excluding carboxylic acids is 2. The van der Waals surface area contributed by atoms with Crippen LogP contribution in [-0.4, -0.2) is 45.8 Å². The number of aliphatic hydroxyl groups is 2. The van der Waals surface area contributed by atoms with Crippen molar-refractivity contribution in [2.75, 3.05) is 6.54 Å². The van der Waals surface area contributed by atoms with Crippen LogP contribution in [0.25, 0.3) is 11.5 Å². The number of Topliss-reactive ketones (excluding diaryl/α,β-unsaturated/α-hetero) is 2. The monoisotopic (exact) mass is 526 g/mol. The van der Waals surface area contributed by atoms with Crippen molar-refractivity contribution >= 4 is 34.5 Å². The summed E-state index contributed by atoms with van der Waals surface area (Å²) in [4.78, 5) is 36.0. The fourth-order valence-electron chi connectivity index (χ4n) is 5.39. The molecule has 2 N–H and O–H groups in total. The minimum atomic E-state index is -0.312. The van der Waals surface area contributed by atoms with Gasteiger partial charge in [-0.05, 0) is 30.6 Å². The summed E-state index contributed by atoms with van der Waals surface area (Å²) in [6, 6.07) is 17.8. The van der Waals surface area contributed by atoms with Gasteiger partial charge in [0.15, 0.2) is 11.6 Å². The molecule has 0 saturated heterocycles. The quantitative estimate of drug-likeness (QED) is 0.324. The van der Waals surface area contributed by atoms with Crippen LogP contribution in [0.15, 0.2) is 81.8 Å². The molecule has 1 unspecified atom stereocenters. The van der Waals surface area contributed by atoms with E-state index in [9.17, 15) is 19.8 Å². The van der Waals surface area contributed by atoms with Gasteiger partial charge < -0.3 is 10.2 Å². The summed E-state index contributed by atoms with van der Waals surface area (Å²) in [5, 5.41) is 22.1. The Balaban J connectivity index is 1.70. The Morgan fingerprint density at radius 1 is 0.718 bits per heavy atom. The largest absolute Gasteiger partial charge is 0.506 e. The zero-order chi connectivity index (χ0) is 28.4. The molecule has 0 aromatic heterocycles. The summed E-state index contributed by atoms with van der Waals surface area (Å²) in [7, 11) is 0. The number of allylic oxidation sites excluding steroid dienone is 2. The summed E-state index contributed by atoms with van der Waals surface area (Å²) >= 11 is 0. The van der Waals surface area contributed by atoms with E-state index in [4.69, 9.17) is 9.98 Å². The molecular weight excluding hydrogens is 488 g/mol. The lowest BCUT2D eigenvalue weighted by Crippen LogP contribution is -2.34.